The molecule has 2 rings (SSSR count). The van der Waals surface area contributed by atoms with E-state index >= 15 is 0 Å². The van der Waals surface area contributed by atoms with Crippen LogP contribution in [0.3, 0.4) is 0 Å². The van der Waals surface area contributed by atoms with Crippen LogP contribution in [0.15, 0.2) is 65.8 Å². The number of benzene rings is 2. The zero-order chi connectivity index (χ0) is 14.9. The Morgan fingerprint density at radius 1 is 1.10 bits per heavy atom. The number of carbonyl (C=O) groups is 1. The molecule has 1 N–H and O–H groups in total. The Morgan fingerprint density at radius 3 is 2.48 bits per heavy atom. The fraction of sp³-hybridized carbons (Fsp3) is 0.111. The van der Waals surface area contributed by atoms with Crippen LogP contribution in [-0.2, 0) is 6.42 Å². The number of hydrogen-bond donors (Lipinski definition) is 1. The molecule has 0 aliphatic rings. The minimum absolute atomic E-state index is 0.206. The van der Waals surface area contributed by atoms with E-state index in [1.807, 2.05) is 60.7 Å². The van der Waals surface area contributed by atoms with Crippen molar-refractivity contribution in [1.82, 2.24) is 5.43 Å². The minimum Gasteiger partial charge on any atom is -0.267 e. The second-order valence-electron chi connectivity index (χ2n) is 4.54. The van der Waals surface area contributed by atoms with E-state index in [1.165, 1.54) is 5.56 Å². The molecule has 0 aliphatic carbocycles. The van der Waals surface area contributed by atoms with Crippen LogP contribution in [0, 0.1) is 0 Å². The Bertz CT molecular complexity index is 628. The summed E-state index contributed by atoms with van der Waals surface area (Å²) >= 11 is 0. The Balaban J connectivity index is 1.85. The summed E-state index contributed by atoms with van der Waals surface area (Å²) in [7, 11) is 0. The third kappa shape index (κ3) is 4.73. The van der Waals surface area contributed by atoms with Crippen molar-refractivity contribution in [1.29, 1.82) is 0 Å². The Morgan fingerprint density at radius 2 is 1.81 bits per heavy atom. The van der Waals surface area contributed by atoms with Gasteiger partial charge in [-0.15, -0.1) is 0 Å². The van der Waals surface area contributed by atoms with E-state index in [1.54, 1.807) is 12.3 Å². The lowest BCUT2D eigenvalue weighted by atomic mass is 10.1. The lowest BCUT2D eigenvalue weighted by molar-refractivity contribution is 0.0955. The van der Waals surface area contributed by atoms with Crippen LogP contribution < -0.4 is 5.43 Å². The van der Waals surface area contributed by atoms with Gasteiger partial charge in [0.25, 0.3) is 5.91 Å². The highest BCUT2D eigenvalue weighted by Gasteiger charge is 2.02. The maximum Gasteiger partial charge on any atom is 0.271 e. The molecule has 3 heteroatoms. The van der Waals surface area contributed by atoms with Crippen LogP contribution >= 0.6 is 0 Å². The molecule has 2 aromatic rings. The molecule has 0 atom stereocenters. The van der Waals surface area contributed by atoms with Gasteiger partial charge < -0.3 is 0 Å². The third-order valence-corrected chi connectivity index (χ3v) is 3.04. The van der Waals surface area contributed by atoms with Crippen molar-refractivity contribution in [2.24, 2.45) is 5.10 Å². The molecule has 0 saturated heterocycles. The lowest BCUT2D eigenvalue weighted by Crippen LogP contribution is -2.17. The quantitative estimate of drug-likeness (QED) is 0.658. The van der Waals surface area contributed by atoms with E-state index in [4.69, 9.17) is 0 Å². The molecule has 0 saturated carbocycles. The number of aryl methyl sites for hydroxylation is 1. The van der Waals surface area contributed by atoms with Gasteiger partial charge in [0, 0.05) is 11.8 Å². The van der Waals surface area contributed by atoms with Crippen molar-refractivity contribution in [3.63, 3.8) is 0 Å². The second kappa shape index (κ2) is 7.80. The molecule has 0 radical (unpaired) electrons. The fourth-order valence-electron chi connectivity index (χ4n) is 1.81. The van der Waals surface area contributed by atoms with Crippen molar-refractivity contribution in [2.45, 2.75) is 13.3 Å². The molecule has 1 amide bonds. The number of hydrogen-bond acceptors (Lipinski definition) is 2. The molecule has 3 nitrogen and oxygen atoms in total. The first-order chi connectivity index (χ1) is 10.3. The summed E-state index contributed by atoms with van der Waals surface area (Å²) in [6.45, 7) is 2.08. The van der Waals surface area contributed by atoms with Gasteiger partial charge in [0.2, 0.25) is 0 Å². The van der Waals surface area contributed by atoms with Gasteiger partial charge in [0.05, 0.1) is 0 Å². The average Bonchev–Trinajstić information content (AvgIpc) is 2.55. The number of allylic oxidation sites excluding steroid dienone is 1. The van der Waals surface area contributed by atoms with Gasteiger partial charge >= 0.3 is 0 Å². The minimum atomic E-state index is -0.206. The first-order valence-electron chi connectivity index (χ1n) is 6.93. The number of amides is 1. The van der Waals surface area contributed by atoms with Crippen molar-refractivity contribution < 1.29 is 4.79 Å². The predicted molar refractivity (Wildman–Crippen MR) is 87.3 cm³/mol. The van der Waals surface area contributed by atoms with Gasteiger partial charge in [-0.25, -0.2) is 5.43 Å². The van der Waals surface area contributed by atoms with Gasteiger partial charge in [-0.3, -0.25) is 4.79 Å². The van der Waals surface area contributed by atoms with Gasteiger partial charge in [-0.1, -0.05) is 55.5 Å². The van der Waals surface area contributed by atoms with E-state index in [0.717, 1.165) is 12.0 Å². The van der Waals surface area contributed by atoms with E-state index in [2.05, 4.69) is 17.5 Å². The predicted octanol–water partition coefficient (Wildman–Crippen LogP) is 3.68. The average molecular weight is 278 g/mol. The monoisotopic (exact) mass is 278 g/mol. The maximum absolute atomic E-state index is 11.8. The maximum atomic E-state index is 11.8. The zero-order valence-corrected chi connectivity index (χ0v) is 12.0. The third-order valence-electron chi connectivity index (χ3n) is 3.04. The number of hydrazone groups is 1. The summed E-state index contributed by atoms with van der Waals surface area (Å²) in [5, 5.41) is 3.89. The topological polar surface area (TPSA) is 41.5 Å². The van der Waals surface area contributed by atoms with E-state index in [0.29, 0.717) is 5.56 Å². The molecule has 21 heavy (non-hydrogen) atoms. The first-order valence-corrected chi connectivity index (χ1v) is 6.93. The van der Waals surface area contributed by atoms with E-state index in [9.17, 15) is 4.79 Å². The van der Waals surface area contributed by atoms with Gasteiger partial charge in [-0.05, 0) is 35.8 Å². The standard InChI is InChI=1S/C18H18N2O/c1-2-15-10-12-17(13-11-15)18(21)20-19-14-6-9-16-7-4-3-5-8-16/h3-14H,2H2,1H3,(H,20,21)/b9-6+,19-14-. The molecule has 0 unspecified atom stereocenters. The largest absolute Gasteiger partial charge is 0.271 e. The van der Waals surface area contributed by atoms with Gasteiger partial charge in [-0.2, -0.15) is 5.10 Å². The Labute approximate surface area is 125 Å². The lowest BCUT2D eigenvalue weighted by Gasteiger charge is -2.00. The molecule has 106 valence electrons. The van der Waals surface area contributed by atoms with E-state index in [-0.39, 0.29) is 5.91 Å². The van der Waals surface area contributed by atoms with Crippen LogP contribution in [0.2, 0.25) is 0 Å². The highest BCUT2D eigenvalue weighted by Crippen LogP contribution is 2.04. The number of nitrogens with one attached hydrogen (secondary N) is 1. The normalized spacial score (nSPS) is 11.1. The van der Waals surface area contributed by atoms with Crippen LogP contribution in [0.25, 0.3) is 6.08 Å². The fourth-order valence-corrected chi connectivity index (χ4v) is 1.81. The molecular formula is C18H18N2O. The van der Waals surface area contributed by atoms with Crippen LogP contribution in [0.4, 0.5) is 0 Å². The molecule has 0 fully saturated rings. The number of carbonyl (C=O) groups excluding carboxylic acids is 1. The van der Waals surface area contributed by atoms with Crippen LogP contribution in [-0.4, -0.2) is 12.1 Å². The molecule has 0 aliphatic heterocycles. The molecule has 2 aromatic carbocycles. The summed E-state index contributed by atoms with van der Waals surface area (Å²) in [5.74, 6) is -0.206. The first kappa shape index (κ1) is 14.7. The van der Waals surface area contributed by atoms with Crippen molar-refractivity contribution >= 4 is 18.2 Å². The summed E-state index contributed by atoms with van der Waals surface area (Å²) in [6, 6.07) is 17.4. The molecule has 0 bridgehead atoms. The smallest absolute Gasteiger partial charge is 0.267 e. The van der Waals surface area contributed by atoms with Gasteiger partial charge in [0.15, 0.2) is 0 Å². The second-order valence-corrected chi connectivity index (χ2v) is 4.54. The van der Waals surface area contributed by atoms with Gasteiger partial charge in [0.1, 0.15) is 0 Å². The summed E-state index contributed by atoms with van der Waals surface area (Å²) in [6.07, 6.45) is 6.23. The zero-order valence-electron chi connectivity index (χ0n) is 12.0. The number of rotatable bonds is 5. The molecule has 0 heterocycles. The van der Waals surface area contributed by atoms with Crippen molar-refractivity contribution in [2.75, 3.05) is 0 Å². The summed E-state index contributed by atoms with van der Waals surface area (Å²) in [4.78, 5) is 11.8. The van der Waals surface area contributed by atoms with E-state index < -0.39 is 0 Å². The summed E-state index contributed by atoms with van der Waals surface area (Å²) in [5.41, 5.74) is 5.41. The van der Waals surface area contributed by atoms with Crippen molar-refractivity contribution in [3.8, 4) is 0 Å². The molecular weight excluding hydrogens is 260 g/mol. The summed E-state index contributed by atoms with van der Waals surface area (Å²) < 4.78 is 0. The molecule has 0 spiro atoms. The highest BCUT2D eigenvalue weighted by molar-refractivity contribution is 5.94. The highest BCUT2D eigenvalue weighted by atomic mass is 16.2. The van der Waals surface area contributed by atoms with Crippen molar-refractivity contribution in [3.05, 3.63) is 77.4 Å². The molecule has 0 aromatic heterocycles. The Hall–Kier alpha value is -2.68. The van der Waals surface area contributed by atoms with Crippen LogP contribution in [0.5, 0.6) is 0 Å². The SMILES string of the molecule is CCc1ccc(C(=O)N/N=C\C=C\c2ccccc2)cc1. The number of nitrogens with zero attached hydrogens (tertiary/aromatic N) is 1. The Kier molecular flexibility index (Phi) is 5.47. The van der Waals surface area contributed by atoms with Crippen LogP contribution in [0.1, 0.15) is 28.4 Å².